The van der Waals surface area contributed by atoms with Crippen molar-refractivity contribution in [2.75, 3.05) is 19.8 Å². The Bertz CT molecular complexity index is 223. The SMILES string of the molecule is CCCCCCCCOC1CC(NCCC)C1OCC. The summed E-state index contributed by atoms with van der Waals surface area (Å²) in [6.45, 7) is 9.30. The van der Waals surface area contributed by atoms with Gasteiger partial charge in [-0.3, -0.25) is 0 Å². The zero-order valence-corrected chi connectivity index (χ0v) is 13.8. The van der Waals surface area contributed by atoms with Crippen LogP contribution >= 0.6 is 0 Å². The average Bonchev–Trinajstić information content (AvgIpc) is 2.45. The molecular formula is C17H35NO2. The maximum absolute atomic E-state index is 5.99. The first-order valence-corrected chi connectivity index (χ1v) is 8.80. The summed E-state index contributed by atoms with van der Waals surface area (Å²) in [4.78, 5) is 0. The predicted molar refractivity (Wildman–Crippen MR) is 85.2 cm³/mol. The van der Waals surface area contributed by atoms with Crippen LogP contribution < -0.4 is 5.32 Å². The van der Waals surface area contributed by atoms with Crippen molar-refractivity contribution in [2.24, 2.45) is 0 Å². The molecule has 0 spiro atoms. The Morgan fingerprint density at radius 2 is 1.65 bits per heavy atom. The van der Waals surface area contributed by atoms with Crippen LogP contribution in [0.1, 0.15) is 72.1 Å². The fourth-order valence-electron chi connectivity index (χ4n) is 2.81. The lowest BCUT2D eigenvalue weighted by atomic mass is 9.85. The molecule has 1 aliphatic carbocycles. The first-order valence-electron chi connectivity index (χ1n) is 8.80. The zero-order chi connectivity index (χ0) is 14.6. The molecule has 0 saturated heterocycles. The van der Waals surface area contributed by atoms with Gasteiger partial charge in [0.25, 0.3) is 0 Å². The first-order chi connectivity index (χ1) is 9.83. The third kappa shape index (κ3) is 6.55. The minimum absolute atomic E-state index is 0.270. The quantitative estimate of drug-likeness (QED) is 0.520. The van der Waals surface area contributed by atoms with Crippen LogP contribution in [-0.2, 0) is 9.47 Å². The third-order valence-electron chi connectivity index (χ3n) is 4.09. The smallest absolute Gasteiger partial charge is 0.0990 e. The van der Waals surface area contributed by atoms with E-state index in [4.69, 9.17) is 9.47 Å². The molecule has 0 aromatic heterocycles. The molecule has 1 rings (SSSR count). The molecule has 3 nitrogen and oxygen atoms in total. The summed E-state index contributed by atoms with van der Waals surface area (Å²) in [6.07, 6.45) is 10.8. The molecule has 20 heavy (non-hydrogen) atoms. The van der Waals surface area contributed by atoms with Gasteiger partial charge in [-0.2, -0.15) is 0 Å². The van der Waals surface area contributed by atoms with E-state index in [0.29, 0.717) is 12.1 Å². The van der Waals surface area contributed by atoms with E-state index < -0.39 is 0 Å². The summed E-state index contributed by atoms with van der Waals surface area (Å²) < 4.78 is 11.8. The Morgan fingerprint density at radius 1 is 0.900 bits per heavy atom. The molecule has 120 valence electrons. The van der Waals surface area contributed by atoms with E-state index in [9.17, 15) is 0 Å². The van der Waals surface area contributed by atoms with Crippen molar-refractivity contribution in [3.63, 3.8) is 0 Å². The first kappa shape index (κ1) is 17.9. The van der Waals surface area contributed by atoms with Gasteiger partial charge in [0, 0.05) is 19.3 Å². The van der Waals surface area contributed by atoms with Crippen LogP contribution in [0.2, 0.25) is 0 Å². The molecule has 0 bridgehead atoms. The minimum Gasteiger partial charge on any atom is -0.375 e. The lowest BCUT2D eigenvalue weighted by Crippen LogP contribution is -2.60. The number of ether oxygens (including phenoxy) is 2. The second kappa shape index (κ2) is 11.5. The van der Waals surface area contributed by atoms with Crippen LogP contribution in [-0.4, -0.2) is 38.0 Å². The van der Waals surface area contributed by atoms with Gasteiger partial charge in [-0.1, -0.05) is 46.0 Å². The van der Waals surface area contributed by atoms with Crippen molar-refractivity contribution in [1.82, 2.24) is 5.32 Å². The fourth-order valence-corrected chi connectivity index (χ4v) is 2.81. The summed E-state index contributed by atoms with van der Waals surface area (Å²) in [5.74, 6) is 0. The Balaban J connectivity index is 2.05. The van der Waals surface area contributed by atoms with E-state index in [1.165, 1.54) is 44.9 Å². The molecule has 1 saturated carbocycles. The van der Waals surface area contributed by atoms with Crippen molar-refractivity contribution >= 4 is 0 Å². The number of unbranched alkanes of at least 4 members (excludes halogenated alkanes) is 5. The van der Waals surface area contributed by atoms with Crippen LogP contribution in [0.15, 0.2) is 0 Å². The Labute approximate surface area is 125 Å². The molecule has 0 aromatic rings. The average molecular weight is 285 g/mol. The van der Waals surface area contributed by atoms with Gasteiger partial charge in [0.2, 0.25) is 0 Å². The maximum Gasteiger partial charge on any atom is 0.0990 e. The molecule has 3 atom stereocenters. The van der Waals surface area contributed by atoms with Gasteiger partial charge in [0.1, 0.15) is 0 Å². The summed E-state index contributed by atoms with van der Waals surface area (Å²) in [5, 5.41) is 3.55. The van der Waals surface area contributed by atoms with Crippen LogP contribution in [0.3, 0.4) is 0 Å². The van der Waals surface area contributed by atoms with Crippen molar-refractivity contribution in [2.45, 2.75) is 90.4 Å². The number of rotatable bonds is 13. The second-order valence-corrected chi connectivity index (χ2v) is 5.89. The number of nitrogens with one attached hydrogen (secondary N) is 1. The molecule has 1 N–H and O–H groups in total. The number of hydrogen-bond acceptors (Lipinski definition) is 3. The molecule has 3 heteroatoms. The van der Waals surface area contributed by atoms with Crippen LogP contribution in [0.4, 0.5) is 0 Å². The standard InChI is InChI=1S/C17H35NO2/c1-4-7-8-9-10-11-13-20-16-14-15(18-12-5-2)17(16)19-6-3/h15-18H,4-14H2,1-3H3. The maximum atomic E-state index is 5.99. The van der Waals surface area contributed by atoms with Gasteiger partial charge in [-0.15, -0.1) is 0 Å². The highest BCUT2D eigenvalue weighted by Crippen LogP contribution is 2.27. The molecule has 0 heterocycles. The summed E-state index contributed by atoms with van der Waals surface area (Å²) >= 11 is 0. The zero-order valence-electron chi connectivity index (χ0n) is 13.8. The lowest BCUT2D eigenvalue weighted by Gasteiger charge is -2.44. The Hall–Kier alpha value is -0.120. The van der Waals surface area contributed by atoms with Crippen LogP contribution in [0.5, 0.6) is 0 Å². The van der Waals surface area contributed by atoms with Crippen molar-refractivity contribution in [3.8, 4) is 0 Å². The molecular weight excluding hydrogens is 250 g/mol. The molecule has 1 fully saturated rings. The molecule has 1 aliphatic rings. The number of hydrogen-bond donors (Lipinski definition) is 1. The molecule has 0 aliphatic heterocycles. The van der Waals surface area contributed by atoms with Gasteiger partial charge < -0.3 is 14.8 Å². The van der Waals surface area contributed by atoms with Crippen molar-refractivity contribution in [3.05, 3.63) is 0 Å². The van der Waals surface area contributed by atoms with Gasteiger partial charge in [0.15, 0.2) is 0 Å². The molecule has 0 aromatic carbocycles. The molecule has 0 amide bonds. The van der Waals surface area contributed by atoms with Crippen LogP contribution in [0, 0.1) is 0 Å². The highest BCUT2D eigenvalue weighted by molar-refractivity contribution is 4.97. The van der Waals surface area contributed by atoms with E-state index in [-0.39, 0.29) is 6.10 Å². The largest absolute Gasteiger partial charge is 0.375 e. The normalized spacial score (nSPS) is 25.6. The van der Waals surface area contributed by atoms with Gasteiger partial charge >= 0.3 is 0 Å². The summed E-state index contributed by atoms with van der Waals surface area (Å²) in [7, 11) is 0. The summed E-state index contributed by atoms with van der Waals surface area (Å²) in [5.41, 5.74) is 0. The third-order valence-corrected chi connectivity index (χ3v) is 4.09. The molecule has 3 unspecified atom stereocenters. The highest BCUT2D eigenvalue weighted by Gasteiger charge is 2.42. The van der Waals surface area contributed by atoms with E-state index in [2.05, 4.69) is 26.1 Å². The lowest BCUT2D eigenvalue weighted by molar-refractivity contribution is -0.145. The monoisotopic (exact) mass is 285 g/mol. The highest BCUT2D eigenvalue weighted by atomic mass is 16.5. The Morgan fingerprint density at radius 3 is 2.35 bits per heavy atom. The topological polar surface area (TPSA) is 30.5 Å². The fraction of sp³-hybridized carbons (Fsp3) is 1.00. The van der Waals surface area contributed by atoms with Gasteiger partial charge in [0.05, 0.1) is 12.2 Å². The second-order valence-electron chi connectivity index (χ2n) is 5.89. The van der Waals surface area contributed by atoms with Crippen LogP contribution in [0.25, 0.3) is 0 Å². The summed E-state index contributed by atoms with van der Waals surface area (Å²) in [6, 6.07) is 0.504. The van der Waals surface area contributed by atoms with Crippen molar-refractivity contribution < 1.29 is 9.47 Å². The van der Waals surface area contributed by atoms with Gasteiger partial charge in [-0.25, -0.2) is 0 Å². The van der Waals surface area contributed by atoms with Gasteiger partial charge in [-0.05, 0) is 32.7 Å². The van der Waals surface area contributed by atoms with E-state index in [1.54, 1.807) is 0 Å². The Kier molecular flexibility index (Phi) is 10.3. The molecule has 0 radical (unpaired) electrons. The van der Waals surface area contributed by atoms with E-state index in [1.807, 2.05) is 0 Å². The minimum atomic E-state index is 0.270. The van der Waals surface area contributed by atoms with E-state index >= 15 is 0 Å². The predicted octanol–water partition coefficient (Wildman–Crippen LogP) is 3.91. The van der Waals surface area contributed by atoms with Crippen molar-refractivity contribution in [1.29, 1.82) is 0 Å². The van der Waals surface area contributed by atoms with E-state index in [0.717, 1.165) is 26.2 Å².